The minimum atomic E-state index is -0.294. The number of anilines is 1. The lowest BCUT2D eigenvalue weighted by molar-refractivity contribution is 0.102. The standard InChI is InChI=1S/C11H10N2O3/c1-7-6-8(2-3-9(7)14)11(15)12-10-4-5-16-13-10/h2-6,14H,1H3,(H,12,13,15). The molecule has 0 bridgehead atoms. The summed E-state index contributed by atoms with van der Waals surface area (Å²) in [5.74, 6) is 0.228. The first-order valence-corrected chi connectivity index (χ1v) is 4.68. The minimum absolute atomic E-state index is 0.165. The average molecular weight is 218 g/mol. The van der Waals surface area contributed by atoms with Gasteiger partial charge in [0, 0.05) is 11.6 Å². The summed E-state index contributed by atoms with van der Waals surface area (Å²) in [6.07, 6.45) is 1.37. The van der Waals surface area contributed by atoms with Gasteiger partial charge in [0.2, 0.25) is 0 Å². The Morgan fingerprint density at radius 3 is 2.88 bits per heavy atom. The smallest absolute Gasteiger partial charge is 0.256 e. The molecular weight excluding hydrogens is 208 g/mol. The number of amides is 1. The molecule has 0 saturated carbocycles. The number of carbonyl (C=O) groups is 1. The molecule has 0 radical (unpaired) electrons. The van der Waals surface area contributed by atoms with Crippen molar-refractivity contribution < 1.29 is 14.4 Å². The molecule has 0 unspecified atom stereocenters. The molecule has 5 nitrogen and oxygen atoms in total. The summed E-state index contributed by atoms with van der Waals surface area (Å²) in [5, 5.41) is 15.4. The summed E-state index contributed by atoms with van der Waals surface area (Å²) in [7, 11) is 0. The van der Waals surface area contributed by atoms with Gasteiger partial charge < -0.3 is 14.9 Å². The summed E-state index contributed by atoms with van der Waals surface area (Å²) in [6, 6.07) is 6.17. The van der Waals surface area contributed by atoms with Gasteiger partial charge in [-0.05, 0) is 30.7 Å². The number of nitrogens with one attached hydrogen (secondary N) is 1. The van der Waals surface area contributed by atoms with E-state index in [-0.39, 0.29) is 11.7 Å². The van der Waals surface area contributed by atoms with Crippen molar-refractivity contribution in [1.29, 1.82) is 0 Å². The van der Waals surface area contributed by atoms with Crippen molar-refractivity contribution in [1.82, 2.24) is 5.16 Å². The highest BCUT2D eigenvalue weighted by atomic mass is 16.5. The summed E-state index contributed by atoms with van der Waals surface area (Å²) >= 11 is 0. The fourth-order valence-electron chi connectivity index (χ4n) is 1.26. The van der Waals surface area contributed by atoms with E-state index in [1.54, 1.807) is 19.1 Å². The fraction of sp³-hybridized carbons (Fsp3) is 0.0909. The first-order chi connectivity index (χ1) is 7.66. The number of carbonyl (C=O) groups excluding carboxylic acids is 1. The van der Waals surface area contributed by atoms with E-state index in [2.05, 4.69) is 15.0 Å². The van der Waals surface area contributed by atoms with Crippen LogP contribution >= 0.6 is 0 Å². The van der Waals surface area contributed by atoms with E-state index < -0.39 is 0 Å². The number of phenols is 1. The molecule has 0 atom stereocenters. The Hall–Kier alpha value is -2.30. The van der Waals surface area contributed by atoms with Crippen molar-refractivity contribution in [2.75, 3.05) is 5.32 Å². The zero-order chi connectivity index (χ0) is 11.5. The van der Waals surface area contributed by atoms with Gasteiger partial charge in [-0.25, -0.2) is 0 Å². The van der Waals surface area contributed by atoms with Crippen LogP contribution in [0.25, 0.3) is 0 Å². The maximum Gasteiger partial charge on any atom is 0.256 e. The molecule has 1 aromatic heterocycles. The molecule has 1 heterocycles. The van der Waals surface area contributed by atoms with Crippen molar-refractivity contribution in [2.45, 2.75) is 6.92 Å². The van der Waals surface area contributed by atoms with E-state index in [0.29, 0.717) is 16.9 Å². The first-order valence-electron chi connectivity index (χ1n) is 4.68. The predicted octanol–water partition coefficient (Wildman–Crippen LogP) is 1.94. The van der Waals surface area contributed by atoms with Gasteiger partial charge in [0.05, 0.1) is 0 Å². The summed E-state index contributed by atoms with van der Waals surface area (Å²) in [6.45, 7) is 1.72. The van der Waals surface area contributed by atoms with E-state index in [1.807, 2.05) is 0 Å². The van der Waals surface area contributed by atoms with Gasteiger partial charge in [0.15, 0.2) is 5.82 Å². The zero-order valence-electron chi connectivity index (χ0n) is 8.60. The molecule has 0 aliphatic heterocycles. The molecule has 5 heteroatoms. The third-order valence-corrected chi connectivity index (χ3v) is 2.14. The fourth-order valence-corrected chi connectivity index (χ4v) is 1.26. The van der Waals surface area contributed by atoms with Crippen LogP contribution in [0.15, 0.2) is 35.1 Å². The van der Waals surface area contributed by atoms with E-state index in [0.717, 1.165) is 0 Å². The molecule has 0 fully saturated rings. The predicted molar refractivity (Wildman–Crippen MR) is 57.3 cm³/mol. The van der Waals surface area contributed by atoms with Crippen LogP contribution in [-0.2, 0) is 0 Å². The summed E-state index contributed by atoms with van der Waals surface area (Å²) in [4.78, 5) is 11.7. The molecule has 82 valence electrons. The van der Waals surface area contributed by atoms with Gasteiger partial charge in [-0.2, -0.15) is 0 Å². The van der Waals surface area contributed by atoms with Gasteiger partial charge in [-0.15, -0.1) is 0 Å². The summed E-state index contributed by atoms with van der Waals surface area (Å²) < 4.78 is 4.59. The number of benzene rings is 1. The molecule has 16 heavy (non-hydrogen) atoms. The van der Waals surface area contributed by atoms with Crippen molar-refractivity contribution in [3.05, 3.63) is 41.7 Å². The Labute approximate surface area is 91.7 Å². The number of aromatic nitrogens is 1. The number of nitrogens with zero attached hydrogens (tertiary/aromatic N) is 1. The maximum atomic E-state index is 11.7. The van der Waals surface area contributed by atoms with Gasteiger partial charge in [0.1, 0.15) is 12.0 Å². The third-order valence-electron chi connectivity index (χ3n) is 2.14. The second-order valence-electron chi connectivity index (χ2n) is 3.34. The molecular formula is C11H10N2O3. The first kappa shape index (κ1) is 10.2. The van der Waals surface area contributed by atoms with Crippen molar-refractivity contribution in [2.24, 2.45) is 0 Å². The van der Waals surface area contributed by atoms with E-state index in [1.165, 1.54) is 18.4 Å². The Bertz CT molecular complexity index is 506. The monoisotopic (exact) mass is 218 g/mol. The van der Waals surface area contributed by atoms with Crippen LogP contribution in [0.3, 0.4) is 0 Å². The van der Waals surface area contributed by atoms with Crippen LogP contribution in [0.2, 0.25) is 0 Å². The van der Waals surface area contributed by atoms with Gasteiger partial charge in [0.25, 0.3) is 5.91 Å². The lowest BCUT2D eigenvalue weighted by Gasteiger charge is -2.03. The lowest BCUT2D eigenvalue weighted by Crippen LogP contribution is -2.12. The number of aryl methyl sites for hydroxylation is 1. The van der Waals surface area contributed by atoms with Gasteiger partial charge in [-0.1, -0.05) is 5.16 Å². The second-order valence-corrected chi connectivity index (χ2v) is 3.34. The Morgan fingerprint density at radius 1 is 1.44 bits per heavy atom. The third kappa shape index (κ3) is 2.03. The topological polar surface area (TPSA) is 75.4 Å². The Balaban J connectivity index is 2.18. The van der Waals surface area contributed by atoms with Crippen molar-refractivity contribution >= 4 is 11.7 Å². The second kappa shape index (κ2) is 4.06. The van der Waals surface area contributed by atoms with E-state index in [4.69, 9.17) is 0 Å². The van der Waals surface area contributed by atoms with Gasteiger partial charge >= 0.3 is 0 Å². The zero-order valence-corrected chi connectivity index (χ0v) is 8.60. The van der Waals surface area contributed by atoms with Crippen LogP contribution in [0.4, 0.5) is 5.82 Å². The highest BCUT2D eigenvalue weighted by molar-refractivity contribution is 6.03. The molecule has 2 N–H and O–H groups in total. The molecule has 2 aromatic rings. The largest absolute Gasteiger partial charge is 0.508 e. The van der Waals surface area contributed by atoms with E-state index >= 15 is 0 Å². The summed E-state index contributed by atoms with van der Waals surface area (Å²) in [5.41, 5.74) is 1.10. The number of rotatable bonds is 2. The SMILES string of the molecule is Cc1cc(C(=O)Nc2ccon2)ccc1O. The van der Waals surface area contributed by atoms with Crippen LogP contribution in [0, 0.1) is 6.92 Å². The molecule has 0 aliphatic carbocycles. The minimum Gasteiger partial charge on any atom is -0.508 e. The highest BCUT2D eigenvalue weighted by Crippen LogP contribution is 2.17. The lowest BCUT2D eigenvalue weighted by atomic mass is 10.1. The van der Waals surface area contributed by atoms with Crippen LogP contribution in [0.1, 0.15) is 15.9 Å². The number of hydrogen-bond donors (Lipinski definition) is 2. The van der Waals surface area contributed by atoms with Gasteiger partial charge in [-0.3, -0.25) is 4.79 Å². The van der Waals surface area contributed by atoms with Crippen LogP contribution in [-0.4, -0.2) is 16.2 Å². The molecule has 0 aliphatic rings. The number of phenolic OH excluding ortho intramolecular Hbond substituents is 1. The molecule has 1 amide bonds. The van der Waals surface area contributed by atoms with E-state index in [9.17, 15) is 9.90 Å². The molecule has 2 rings (SSSR count). The number of aromatic hydroxyl groups is 1. The Morgan fingerprint density at radius 2 is 2.25 bits per heavy atom. The molecule has 0 spiro atoms. The highest BCUT2D eigenvalue weighted by Gasteiger charge is 2.08. The molecule has 1 aromatic carbocycles. The maximum absolute atomic E-state index is 11.7. The number of hydrogen-bond acceptors (Lipinski definition) is 4. The Kier molecular flexibility index (Phi) is 2.59. The molecule has 0 saturated heterocycles. The van der Waals surface area contributed by atoms with Crippen LogP contribution in [0.5, 0.6) is 5.75 Å². The normalized spacial score (nSPS) is 10.1. The van der Waals surface area contributed by atoms with Crippen LogP contribution < -0.4 is 5.32 Å². The average Bonchev–Trinajstić information content (AvgIpc) is 2.74. The van der Waals surface area contributed by atoms with Crippen molar-refractivity contribution in [3.8, 4) is 5.75 Å². The quantitative estimate of drug-likeness (QED) is 0.807. The van der Waals surface area contributed by atoms with Crippen molar-refractivity contribution in [3.63, 3.8) is 0 Å².